The van der Waals surface area contributed by atoms with Gasteiger partial charge < -0.3 is 4.98 Å². The van der Waals surface area contributed by atoms with E-state index in [0.717, 1.165) is 95.0 Å². The van der Waals surface area contributed by atoms with E-state index in [1.165, 1.54) is 36.9 Å². The van der Waals surface area contributed by atoms with Crippen molar-refractivity contribution in [3.05, 3.63) is 286 Å². The first-order valence-electron chi connectivity index (χ1n) is 25.6. The summed E-state index contributed by atoms with van der Waals surface area (Å²) in [6.45, 7) is 0. The monoisotopic (exact) mass is 1190 g/mol. The van der Waals surface area contributed by atoms with Gasteiger partial charge in [0.25, 0.3) is 0 Å². The van der Waals surface area contributed by atoms with Gasteiger partial charge in [0.2, 0.25) is 0 Å². The fraction of sp³-hybridized carbons (Fsp3) is 0. The molecule has 0 spiro atoms. The quantitative estimate of drug-likeness (QED) is 0.121. The molecule has 4 aromatic heterocycles. The molecule has 0 bridgehead atoms. The van der Waals surface area contributed by atoms with Gasteiger partial charge in [-0.3, -0.25) is 9.36 Å². The minimum atomic E-state index is 0. The summed E-state index contributed by atoms with van der Waals surface area (Å²) in [5.41, 5.74) is 21.2. The summed E-state index contributed by atoms with van der Waals surface area (Å²) in [6.07, 6.45) is 10.0. The van der Waals surface area contributed by atoms with Crippen molar-refractivity contribution in [1.82, 2.24) is 24.5 Å². The van der Waals surface area contributed by atoms with Gasteiger partial charge in [-0.05, 0) is 120 Å². The van der Waals surface area contributed by atoms with Gasteiger partial charge in [-0.25, -0.2) is 0 Å². The zero-order chi connectivity index (χ0) is 51.1. The first-order chi connectivity index (χ1) is 38.1. The molecule has 0 N–H and O–H groups in total. The molecule has 4 heterocycles. The maximum absolute atomic E-state index is 5.13. The van der Waals surface area contributed by atoms with E-state index in [1.807, 2.05) is 93.9 Å². The Kier molecular flexibility index (Phi) is 13.0. The Balaban J connectivity index is 0.00000579. The van der Waals surface area contributed by atoms with Crippen molar-refractivity contribution < 1.29 is 20.1 Å². The third-order valence-electron chi connectivity index (χ3n) is 14.4. The van der Waals surface area contributed by atoms with Crippen molar-refractivity contribution in [2.24, 2.45) is 0 Å². The maximum atomic E-state index is 5.13. The summed E-state index contributed by atoms with van der Waals surface area (Å²) in [7, 11) is 0. The first-order valence-corrected chi connectivity index (χ1v) is 26.4. The molecule has 7 heteroatoms. The second-order valence-corrected chi connectivity index (χ2v) is 20.2. The predicted octanol–water partition coefficient (Wildman–Crippen LogP) is 18.2. The van der Waals surface area contributed by atoms with E-state index in [4.69, 9.17) is 15.2 Å². The van der Waals surface area contributed by atoms with Crippen LogP contribution in [-0.4, -0.2) is 24.5 Å². The molecule has 10 aromatic carbocycles. The van der Waals surface area contributed by atoms with Crippen LogP contribution in [0, 0.1) is 18.2 Å². The maximum Gasteiger partial charge on any atom is 3.00 e. The summed E-state index contributed by atoms with van der Waals surface area (Å²) in [5.74, 6) is 0. The molecule has 5 nitrogen and oxygen atoms in total. The van der Waals surface area contributed by atoms with E-state index >= 15 is 0 Å². The van der Waals surface area contributed by atoms with E-state index in [9.17, 15) is 0 Å². The van der Waals surface area contributed by atoms with Crippen LogP contribution in [0.15, 0.2) is 268 Å². The molecule has 0 atom stereocenters. The third kappa shape index (κ3) is 9.31. The van der Waals surface area contributed by atoms with Crippen molar-refractivity contribution in [2.45, 2.75) is 0 Å². The Morgan fingerprint density at radius 2 is 0.769 bits per heavy atom. The molecule has 78 heavy (non-hydrogen) atoms. The van der Waals surface area contributed by atoms with Crippen LogP contribution in [0.4, 0.5) is 0 Å². The van der Waals surface area contributed by atoms with Gasteiger partial charge in [-0.1, -0.05) is 140 Å². The minimum Gasteiger partial charge on any atom is -0.304 e. The zero-order valence-electron chi connectivity index (χ0n) is 41.9. The van der Waals surface area contributed by atoms with E-state index in [2.05, 4.69) is 213 Å². The molecule has 0 aliphatic rings. The fourth-order valence-electron chi connectivity index (χ4n) is 10.6. The second kappa shape index (κ2) is 21.0. The average molecular weight is 1190 g/mol. The molecule has 0 radical (unpaired) electrons. The van der Waals surface area contributed by atoms with Crippen LogP contribution in [-0.2, 0) is 20.1 Å². The molecular formula is C71H44IrN5S. The minimum absolute atomic E-state index is 0. The number of rotatable bonds is 11. The van der Waals surface area contributed by atoms with Crippen LogP contribution in [0.25, 0.3) is 132 Å². The molecule has 0 amide bonds. The summed E-state index contributed by atoms with van der Waals surface area (Å²) in [4.78, 5) is 5.13. The van der Waals surface area contributed by atoms with E-state index in [1.54, 1.807) is 0 Å². The van der Waals surface area contributed by atoms with Crippen LogP contribution in [0.5, 0.6) is 0 Å². The van der Waals surface area contributed by atoms with Crippen LogP contribution in [0.2, 0.25) is 0 Å². The van der Waals surface area contributed by atoms with Crippen molar-refractivity contribution >= 4 is 31.5 Å². The molecule has 0 fully saturated rings. The Morgan fingerprint density at radius 3 is 1.26 bits per heavy atom. The number of fused-ring (bicyclic) bond motifs is 3. The van der Waals surface area contributed by atoms with Crippen molar-refractivity contribution in [2.75, 3.05) is 0 Å². The molecule has 0 aliphatic carbocycles. The Hall–Kier alpha value is -9.36. The van der Waals surface area contributed by atoms with E-state index in [-0.39, 0.29) is 20.1 Å². The molecule has 0 aliphatic heterocycles. The Bertz CT molecular complexity index is 4310. The normalized spacial score (nSPS) is 11.2. The number of para-hydroxylation sites is 2. The van der Waals surface area contributed by atoms with Crippen molar-refractivity contribution in [3.8, 4) is 112 Å². The SMILES string of the molecule is [Ir+3].[c-]1ccc(-c2ccc3c(c2)sc2cc(-c4ccccc4)ccc23)cc1-c1ccc(-c2ccccc2-c2cc(-c3ccccc3-c3cnn(-c4[c-]cccc4)c3)cc(-c3ccccc3-c3cnn(-c4[c-]cccc4)c3)c2)cn1. The standard InChI is InChI=1S/C71H44N5S.Ir/c1-4-17-48(18-5-1)50-31-34-67-68-35-32-51(42-71(68)77-70(67)41-50)49-19-16-20-52(37-49)69-36-33-53(43-72-69)61-25-10-11-26-62(61)54-38-55(63-27-12-14-29-65(63)57-44-73-75(46-57)59-21-6-2-7-22-59)40-56(39-54)64-28-13-15-30-66(64)58-45-74-76(47-58)60-23-8-3-9-24-60;/h1-19,21,23,25-47H;/q-3;+3. The van der Waals surface area contributed by atoms with Crippen LogP contribution in [0.3, 0.4) is 0 Å². The number of nitrogens with zero attached hydrogens (tertiary/aromatic N) is 5. The average Bonchev–Trinajstić information content (AvgIpc) is 4.36. The number of hydrogen-bond acceptors (Lipinski definition) is 4. The van der Waals surface area contributed by atoms with E-state index < -0.39 is 0 Å². The van der Waals surface area contributed by atoms with Gasteiger partial charge in [-0.15, -0.1) is 58.9 Å². The molecular weight excluding hydrogens is 1150 g/mol. The van der Waals surface area contributed by atoms with Gasteiger partial charge >= 0.3 is 20.1 Å². The smallest absolute Gasteiger partial charge is 0.304 e. The van der Waals surface area contributed by atoms with Crippen LogP contribution >= 0.6 is 11.3 Å². The number of hydrogen-bond donors (Lipinski definition) is 0. The van der Waals surface area contributed by atoms with Gasteiger partial charge in [-0.2, -0.15) is 58.7 Å². The summed E-state index contributed by atoms with van der Waals surface area (Å²) >= 11 is 1.85. The van der Waals surface area contributed by atoms with Crippen LogP contribution < -0.4 is 0 Å². The van der Waals surface area contributed by atoms with Gasteiger partial charge in [0.15, 0.2) is 0 Å². The Morgan fingerprint density at radius 1 is 0.321 bits per heavy atom. The number of benzene rings is 10. The first kappa shape index (κ1) is 48.3. The summed E-state index contributed by atoms with van der Waals surface area (Å²) < 4.78 is 6.33. The summed E-state index contributed by atoms with van der Waals surface area (Å²) in [6, 6.07) is 93.7. The molecule has 368 valence electrons. The van der Waals surface area contributed by atoms with Gasteiger partial charge in [0, 0.05) is 49.9 Å². The van der Waals surface area contributed by atoms with E-state index in [0.29, 0.717) is 0 Å². The largest absolute Gasteiger partial charge is 3.00 e. The predicted molar refractivity (Wildman–Crippen MR) is 317 cm³/mol. The van der Waals surface area contributed by atoms with Crippen LogP contribution in [0.1, 0.15) is 0 Å². The molecule has 14 aromatic rings. The van der Waals surface area contributed by atoms with Crippen molar-refractivity contribution in [3.63, 3.8) is 0 Å². The summed E-state index contributed by atoms with van der Waals surface area (Å²) in [5, 5.41) is 12.1. The molecule has 0 saturated carbocycles. The number of thiophene rings is 1. The fourth-order valence-corrected chi connectivity index (χ4v) is 11.8. The van der Waals surface area contributed by atoms with Gasteiger partial charge in [0.1, 0.15) is 0 Å². The number of aromatic nitrogens is 5. The topological polar surface area (TPSA) is 48.5 Å². The molecule has 0 unspecified atom stereocenters. The zero-order valence-corrected chi connectivity index (χ0v) is 45.1. The Labute approximate surface area is 470 Å². The second-order valence-electron chi connectivity index (χ2n) is 19.1. The molecule has 0 saturated heterocycles. The number of pyridine rings is 1. The van der Waals surface area contributed by atoms with Gasteiger partial charge in [0.05, 0.1) is 12.4 Å². The molecule has 14 rings (SSSR count). The third-order valence-corrected chi connectivity index (χ3v) is 15.5. The van der Waals surface area contributed by atoms with Crippen molar-refractivity contribution in [1.29, 1.82) is 0 Å².